The van der Waals surface area contributed by atoms with Crippen molar-refractivity contribution in [1.29, 1.82) is 0 Å². The number of carbonyl (C=O) groups is 1. The molecule has 0 unspecified atom stereocenters. The van der Waals surface area contributed by atoms with E-state index in [0.29, 0.717) is 29.5 Å². The number of hydrogen-bond donors (Lipinski definition) is 2. The fourth-order valence-electron chi connectivity index (χ4n) is 5.58. The normalized spacial score (nSPS) is 16.8. The Morgan fingerprint density at radius 1 is 1.00 bits per heavy atom. The summed E-state index contributed by atoms with van der Waals surface area (Å²) in [5, 5.41) is 13.4. The number of rotatable bonds is 12. The first-order valence-corrected chi connectivity index (χ1v) is 16.0. The predicted octanol–water partition coefficient (Wildman–Crippen LogP) is 5.93. The molecule has 9 nitrogen and oxygen atoms in total. The second-order valence-corrected chi connectivity index (χ2v) is 12.8. The summed E-state index contributed by atoms with van der Waals surface area (Å²) in [6, 6.07) is 23.8. The molecule has 1 heterocycles. The SMILES string of the molecule is COc1ccc(S(=O)(=O)c2cc(CN(O)NC(=O)C[C@H]3CC[C@H](OCCc4cccc5ccccc45)CC3)ccn2)cc1.Cl. The molecule has 0 spiro atoms. The standard InChI is InChI=1S/C33H37N3O6S.ClH/c1-41-28-13-15-30(16-14-28)43(39,40)33-22-25(17-19-34-33)23-36(38)35-32(37)21-24-9-11-29(12-10-24)42-20-18-27-7-4-6-26-5-2-3-8-31(26)27;/h2-8,13-17,19,22,24,29,38H,9-12,18,20-21,23H2,1H3,(H,35,37);1H/t24-,29-;. The van der Waals surface area contributed by atoms with E-state index in [0.717, 1.165) is 32.1 Å². The Morgan fingerprint density at radius 2 is 1.73 bits per heavy atom. The van der Waals surface area contributed by atoms with Crippen LogP contribution < -0.4 is 10.2 Å². The van der Waals surface area contributed by atoms with E-state index in [1.807, 2.05) is 0 Å². The third-order valence-electron chi connectivity index (χ3n) is 7.90. The van der Waals surface area contributed by atoms with E-state index >= 15 is 0 Å². The first kappa shape index (κ1) is 33.4. The van der Waals surface area contributed by atoms with Gasteiger partial charge < -0.3 is 9.47 Å². The Morgan fingerprint density at radius 3 is 2.48 bits per heavy atom. The maximum Gasteiger partial charge on any atom is 0.236 e. The van der Waals surface area contributed by atoms with Crippen LogP contribution in [0.1, 0.15) is 43.2 Å². The number of fused-ring (bicyclic) bond motifs is 1. The smallest absolute Gasteiger partial charge is 0.236 e. The second-order valence-electron chi connectivity index (χ2n) is 10.9. The van der Waals surface area contributed by atoms with E-state index in [1.165, 1.54) is 47.8 Å². The van der Waals surface area contributed by atoms with Crippen molar-refractivity contribution in [2.75, 3.05) is 13.7 Å². The Hall–Kier alpha value is -3.54. The summed E-state index contributed by atoms with van der Waals surface area (Å²) >= 11 is 0. The summed E-state index contributed by atoms with van der Waals surface area (Å²) in [7, 11) is -2.36. The van der Waals surface area contributed by atoms with Crippen molar-refractivity contribution < 1.29 is 27.9 Å². The third kappa shape index (κ3) is 8.55. The topological polar surface area (TPSA) is 118 Å². The molecule has 1 aliphatic rings. The number of sulfone groups is 1. The van der Waals surface area contributed by atoms with Crippen LogP contribution in [0.15, 0.2) is 95.0 Å². The summed E-state index contributed by atoms with van der Waals surface area (Å²) in [4.78, 5) is 16.7. The highest BCUT2D eigenvalue weighted by atomic mass is 35.5. The third-order valence-corrected chi connectivity index (χ3v) is 9.57. The lowest BCUT2D eigenvalue weighted by molar-refractivity contribution is -0.166. The molecule has 0 bridgehead atoms. The van der Waals surface area contributed by atoms with Gasteiger partial charge in [-0.2, -0.15) is 0 Å². The molecule has 1 fully saturated rings. The van der Waals surface area contributed by atoms with Crippen LogP contribution in [0.2, 0.25) is 0 Å². The quantitative estimate of drug-likeness (QED) is 0.183. The van der Waals surface area contributed by atoms with E-state index in [-0.39, 0.29) is 46.8 Å². The number of halogens is 1. The number of hydrazine groups is 1. The molecular formula is C33H38ClN3O6S. The maximum absolute atomic E-state index is 13.0. The molecule has 0 saturated heterocycles. The molecule has 234 valence electrons. The van der Waals surface area contributed by atoms with Gasteiger partial charge in [0, 0.05) is 12.6 Å². The van der Waals surface area contributed by atoms with Gasteiger partial charge in [0.2, 0.25) is 15.7 Å². The van der Waals surface area contributed by atoms with E-state index < -0.39 is 9.84 Å². The number of aromatic nitrogens is 1. The molecule has 1 amide bonds. The highest BCUT2D eigenvalue weighted by Gasteiger charge is 2.25. The van der Waals surface area contributed by atoms with Crippen molar-refractivity contribution in [3.8, 4) is 5.75 Å². The lowest BCUT2D eigenvalue weighted by atomic mass is 9.85. The summed E-state index contributed by atoms with van der Waals surface area (Å²) in [6.45, 7) is 0.568. The number of pyridine rings is 1. The van der Waals surface area contributed by atoms with Gasteiger partial charge in [0.15, 0.2) is 5.03 Å². The summed E-state index contributed by atoms with van der Waals surface area (Å²) in [5.41, 5.74) is 4.26. The van der Waals surface area contributed by atoms with E-state index in [1.54, 1.807) is 18.2 Å². The van der Waals surface area contributed by atoms with Crippen LogP contribution in [0, 0.1) is 5.92 Å². The van der Waals surface area contributed by atoms with Crippen molar-refractivity contribution in [2.45, 2.75) is 61.1 Å². The van der Waals surface area contributed by atoms with Crippen molar-refractivity contribution in [2.24, 2.45) is 5.92 Å². The highest BCUT2D eigenvalue weighted by Crippen LogP contribution is 2.29. The van der Waals surface area contributed by atoms with Crippen molar-refractivity contribution >= 4 is 38.9 Å². The zero-order chi connectivity index (χ0) is 30.2. The zero-order valence-electron chi connectivity index (χ0n) is 24.6. The van der Waals surface area contributed by atoms with Gasteiger partial charge in [0.05, 0.1) is 31.3 Å². The van der Waals surface area contributed by atoms with Gasteiger partial charge >= 0.3 is 0 Å². The fourth-order valence-corrected chi connectivity index (χ4v) is 6.83. The van der Waals surface area contributed by atoms with Crippen LogP contribution in [-0.4, -0.2) is 49.5 Å². The molecule has 5 rings (SSSR count). The molecule has 0 aliphatic heterocycles. The number of ether oxygens (including phenoxy) is 2. The number of methoxy groups -OCH3 is 1. The number of nitrogens with one attached hydrogen (secondary N) is 1. The summed E-state index contributed by atoms with van der Waals surface area (Å²) in [6.07, 6.45) is 6.29. The molecule has 1 aliphatic carbocycles. The van der Waals surface area contributed by atoms with Crippen LogP contribution in [0.5, 0.6) is 5.75 Å². The number of benzene rings is 3. The number of carbonyl (C=O) groups excluding carboxylic acids is 1. The molecule has 2 N–H and O–H groups in total. The molecule has 1 aromatic heterocycles. The maximum atomic E-state index is 13.0. The Labute approximate surface area is 264 Å². The molecule has 44 heavy (non-hydrogen) atoms. The molecule has 11 heteroatoms. The predicted molar refractivity (Wildman–Crippen MR) is 169 cm³/mol. The van der Waals surface area contributed by atoms with Crippen LogP contribution in [-0.2, 0) is 32.3 Å². The van der Waals surface area contributed by atoms with Gasteiger partial charge in [-0.3, -0.25) is 15.4 Å². The zero-order valence-corrected chi connectivity index (χ0v) is 26.2. The monoisotopic (exact) mass is 639 g/mol. The Kier molecular flexibility index (Phi) is 11.7. The van der Waals surface area contributed by atoms with Gasteiger partial charge in [0.1, 0.15) is 5.75 Å². The average Bonchev–Trinajstić information content (AvgIpc) is 3.02. The van der Waals surface area contributed by atoms with Gasteiger partial charge in [-0.15, -0.1) is 12.4 Å². The summed E-state index contributed by atoms with van der Waals surface area (Å²) in [5.74, 6) is 0.470. The van der Waals surface area contributed by atoms with Crippen LogP contribution in [0.3, 0.4) is 0 Å². The molecular weight excluding hydrogens is 602 g/mol. The lowest BCUT2D eigenvalue weighted by Crippen LogP contribution is -2.40. The first-order valence-electron chi connectivity index (χ1n) is 14.5. The van der Waals surface area contributed by atoms with Gasteiger partial charge in [-0.1, -0.05) is 47.6 Å². The summed E-state index contributed by atoms with van der Waals surface area (Å²) < 4.78 is 37.3. The minimum atomic E-state index is -3.86. The largest absolute Gasteiger partial charge is 0.497 e. The minimum Gasteiger partial charge on any atom is -0.497 e. The van der Waals surface area contributed by atoms with Gasteiger partial charge in [0.25, 0.3) is 0 Å². The molecule has 3 aromatic carbocycles. The van der Waals surface area contributed by atoms with Crippen LogP contribution in [0.25, 0.3) is 10.8 Å². The van der Waals surface area contributed by atoms with Crippen LogP contribution in [0.4, 0.5) is 0 Å². The van der Waals surface area contributed by atoms with Gasteiger partial charge in [-0.25, -0.2) is 13.4 Å². The molecule has 4 aromatic rings. The lowest BCUT2D eigenvalue weighted by Gasteiger charge is -2.28. The molecule has 1 saturated carbocycles. The van der Waals surface area contributed by atoms with E-state index in [9.17, 15) is 18.4 Å². The fraction of sp³-hybridized carbons (Fsp3) is 0.333. The van der Waals surface area contributed by atoms with E-state index in [2.05, 4.69) is 52.9 Å². The van der Waals surface area contributed by atoms with Crippen molar-refractivity contribution in [3.05, 3.63) is 96.2 Å². The van der Waals surface area contributed by atoms with E-state index in [4.69, 9.17) is 9.47 Å². The number of hydroxylamine groups is 1. The highest BCUT2D eigenvalue weighted by molar-refractivity contribution is 7.91. The molecule has 0 atom stereocenters. The minimum absolute atomic E-state index is 0. The average molecular weight is 640 g/mol. The Balaban J connectivity index is 0.00000442. The first-order chi connectivity index (χ1) is 20.8. The van der Waals surface area contributed by atoms with Crippen molar-refractivity contribution in [3.63, 3.8) is 0 Å². The number of nitrogens with zero attached hydrogens (tertiary/aromatic N) is 2. The van der Waals surface area contributed by atoms with Crippen molar-refractivity contribution in [1.82, 2.24) is 15.6 Å². The van der Waals surface area contributed by atoms with Crippen LogP contribution >= 0.6 is 12.4 Å². The molecule has 0 radical (unpaired) electrons. The number of amides is 1. The second kappa shape index (κ2) is 15.5. The van der Waals surface area contributed by atoms with Gasteiger partial charge in [-0.05, 0) is 96.3 Å². The Bertz CT molecular complexity index is 1640. The number of hydrogen-bond acceptors (Lipinski definition) is 8.